The summed E-state index contributed by atoms with van der Waals surface area (Å²) >= 11 is 0. The second kappa shape index (κ2) is 9.94. The number of aromatic nitrogens is 2. The number of hydrogen-bond acceptors (Lipinski definition) is 6. The Morgan fingerprint density at radius 2 is 1.82 bits per heavy atom. The zero-order valence-electron chi connectivity index (χ0n) is 19.2. The van der Waals surface area contributed by atoms with Crippen molar-refractivity contribution in [3.05, 3.63) is 64.7 Å². The monoisotopic (exact) mass is 451 g/mol. The summed E-state index contributed by atoms with van der Waals surface area (Å²) in [7, 11) is 4.73. The Morgan fingerprint density at radius 3 is 2.48 bits per heavy atom. The van der Waals surface area contributed by atoms with E-state index in [1.807, 2.05) is 30.3 Å². The topological polar surface area (TPSA) is 82.9 Å². The van der Waals surface area contributed by atoms with Gasteiger partial charge < -0.3 is 19.1 Å². The van der Waals surface area contributed by atoms with E-state index in [1.165, 1.54) is 7.11 Å². The Morgan fingerprint density at radius 1 is 1.09 bits per heavy atom. The molecular formula is C25H29N3O5. The van der Waals surface area contributed by atoms with Crippen molar-refractivity contribution in [1.82, 2.24) is 14.5 Å². The molecule has 8 nitrogen and oxygen atoms in total. The molecule has 0 atom stereocenters. The summed E-state index contributed by atoms with van der Waals surface area (Å²) in [6, 6.07) is 13.4. The third-order valence-electron chi connectivity index (χ3n) is 6.25. The van der Waals surface area contributed by atoms with Crippen LogP contribution < -0.4 is 15.0 Å². The lowest BCUT2D eigenvalue weighted by atomic mass is 9.92. The molecule has 1 aliphatic carbocycles. The fraction of sp³-hybridized carbons (Fsp3) is 0.400. The first-order chi connectivity index (χ1) is 16.0. The Kier molecular flexibility index (Phi) is 6.82. The molecule has 0 aliphatic heterocycles. The fourth-order valence-electron chi connectivity index (χ4n) is 4.33. The third kappa shape index (κ3) is 4.94. The average Bonchev–Trinajstić information content (AvgIpc) is 2.86. The van der Waals surface area contributed by atoms with Gasteiger partial charge in [-0.2, -0.15) is 0 Å². The number of fused-ring (bicyclic) bond motifs is 1. The lowest BCUT2D eigenvalue weighted by molar-refractivity contribution is 0.0801. The first-order valence-electron chi connectivity index (χ1n) is 11.1. The van der Waals surface area contributed by atoms with E-state index < -0.39 is 0 Å². The minimum atomic E-state index is -0.324. The Bertz CT molecular complexity index is 1170. The number of carbonyl (C=O) groups excluding carboxylic acids is 1. The van der Waals surface area contributed by atoms with Gasteiger partial charge in [0.05, 0.1) is 44.1 Å². The summed E-state index contributed by atoms with van der Waals surface area (Å²) in [5.41, 5.74) is 1.47. The van der Waals surface area contributed by atoms with Crippen molar-refractivity contribution in [3.8, 4) is 11.5 Å². The normalized spacial score (nSPS) is 18.0. The number of rotatable bonds is 6. The molecule has 1 amide bonds. The molecule has 1 aromatic heterocycles. The van der Waals surface area contributed by atoms with Crippen molar-refractivity contribution >= 4 is 17.0 Å². The van der Waals surface area contributed by atoms with Crippen molar-refractivity contribution in [2.24, 2.45) is 0 Å². The van der Waals surface area contributed by atoms with Gasteiger partial charge in [-0.3, -0.25) is 9.36 Å². The van der Waals surface area contributed by atoms with E-state index in [4.69, 9.17) is 14.2 Å². The molecule has 0 unspecified atom stereocenters. The quantitative estimate of drug-likeness (QED) is 0.566. The van der Waals surface area contributed by atoms with Gasteiger partial charge in [-0.1, -0.05) is 30.3 Å². The van der Waals surface area contributed by atoms with Crippen LogP contribution in [0.3, 0.4) is 0 Å². The van der Waals surface area contributed by atoms with Crippen LogP contribution in [0.5, 0.6) is 11.5 Å². The number of benzene rings is 2. The highest BCUT2D eigenvalue weighted by atomic mass is 16.5. The molecule has 1 fully saturated rings. The Balaban J connectivity index is 1.54. The van der Waals surface area contributed by atoms with Gasteiger partial charge in [-0.05, 0) is 37.3 Å². The van der Waals surface area contributed by atoms with Gasteiger partial charge >= 0.3 is 6.09 Å². The molecular weight excluding hydrogens is 422 g/mol. The number of hydrogen-bond donors (Lipinski definition) is 0. The molecule has 174 valence electrons. The molecule has 1 heterocycles. The lowest BCUT2D eigenvalue weighted by Crippen LogP contribution is -2.41. The van der Waals surface area contributed by atoms with E-state index in [0.29, 0.717) is 28.9 Å². The standard InChI is InChI=1S/C25H29N3O5/c1-27(25(30)32-3)18-9-11-19(12-10-18)33-23-13-20-21(14-22(23)31-2)26-16-28(24(20)29)15-17-7-5-4-6-8-17/h4-8,13-14,16,18-19H,9-12,15H2,1-3H3/t18-,19-. The number of amides is 1. The zero-order chi connectivity index (χ0) is 23.4. The summed E-state index contributed by atoms with van der Waals surface area (Å²) in [4.78, 5) is 31.1. The van der Waals surface area contributed by atoms with Gasteiger partial charge in [0, 0.05) is 19.2 Å². The number of methoxy groups -OCH3 is 2. The highest BCUT2D eigenvalue weighted by Crippen LogP contribution is 2.34. The number of nitrogens with zero attached hydrogens (tertiary/aromatic N) is 3. The first kappa shape index (κ1) is 22.6. The lowest BCUT2D eigenvalue weighted by Gasteiger charge is -2.34. The van der Waals surface area contributed by atoms with Crippen LogP contribution in [-0.2, 0) is 11.3 Å². The molecule has 33 heavy (non-hydrogen) atoms. The Labute approximate surface area is 192 Å². The maximum atomic E-state index is 13.2. The van der Waals surface area contributed by atoms with E-state index in [-0.39, 0.29) is 23.8 Å². The van der Waals surface area contributed by atoms with Gasteiger partial charge in [-0.15, -0.1) is 0 Å². The average molecular weight is 452 g/mol. The minimum Gasteiger partial charge on any atom is -0.493 e. The molecule has 0 bridgehead atoms. The summed E-state index contributed by atoms with van der Waals surface area (Å²) in [5, 5.41) is 0.489. The first-order valence-corrected chi connectivity index (χ1v) is 11.1. The maximum absolute atomic E-state index is 13.2. The molecule has 0 N–H and O–H groups in total. The molecule has 8 heteroatoms. The van der Waals surface area contributed by atoms with Crippen LogP contribution in [0.15, 0.2) is 53.6 Å². The van der Waals surface area contributed by atoms with Crippen molar-refractivity contribution in [1.29, 1.82) is 0 Å². The Hall–Kier alpha value is -3.55. The van der Waals surface area contributed by atoms with Crippen LogP contribution in [-0.4, -0.2) is 54.0 Å². The molecule has 1 aliphatic rings. The molecule has 0 spiro atoms. The minimum absolute atomic E-state index is 0.0261. The molecule has 2 aromatic carbocycles. The smallest absolute Gasteiger partial charge is 0.409 e. The maximum Gasteiger partial charge on any atom is 0.409 e. The van der Waals surface area contributed by atoms with Crippen LogP contribution >= 0.6 is 0 Å². The second-order valence-corrected chi connectivity index (χ2v) is 8.31. The fourth-order valence-corrected chi connectivity index (χ4v) is 4.33. The van der Waals surface area contributed by atoms with Crippen LogP contribution in [0.4, 0.5) is 4.79 Å². The van der Waals surface area contributed by atoms with E-state index >= 15 is 0 Å². The third-order valence-corrected chi connectivity index (χ3v) is 6.25. The van der Waals surface area contributed by atoms with Gasteiger partial charge in [0.15, 0.2) is 11.5 Å². The van der Waals surface area contributed by atoms with Crippen LogP contribution in [0.1, 0.15) is 31.2 Å². The van der Waals surface area contributed by atoms with Crippen LogP contribution in [0.25, 0.3) is 10.9 Å². The predicted octanol–water partition coefficient (Wildman–Crippen LogP) is 3.84. The van der Waals surface area contributed by atoms with Crippen molar-refractivity contribution < 1.29 is 19.0 Å². The van der Waals surface area contributed by atoms with E-state index in [9.17, 15) is 9.59 Å². The summed E-state index contributed by atoms with van der Waals surface area (Å²) in [6.45, 7) is 0.447. The van der Waals surface area contributed by atoms with Crippen LogP contribution in [0, 0.1) is 0 Å². The van der Waals surface area contributed by atoms with Gasteiger partial charge in [0.25, 0.3) is 5.56 Å². The van der Waals surface area contributed by atoms with Crippen molar-refractivity contribution in [2.75, 3.05) is 21.3 Å². The van der Waals surface area contributed by atoms with Crippen molar-refractivity contribution in [3.63, 3.8) is 0 Å². The molecule has 0 saturated heterocycles. The van der Waals surface area contributed by atoms with E-state index in [2.05, 4.69) is 4.98 Å². The van der Waals surface area contributed by atoms with Gasteiger partial charge in [0.2, 0.25) is 0 Å². The summed E-state index contributed by atoms with van der Waals surface area (Å²) < 4.78 is 18.2. The largest absolute Gasteiger partial charge is 0.493 e. The SMILES string of the molecule is COC(=O)N(C)[C@H]1CC[C@H](Oc2cc3c(=O)n(Cc4ccccc4)cnc3cc2OC)CC1. The predicted molar refractivity (Wildman–Crippen MR) is 125 cm³/mol. The zero-order valence-corrected chi connectivity index (χ0v) is 19.2. The summed E-state index contributed by atoms with van der Waals surface area (Å²) in [5.74, 6) is 1.08. The highest BCUT2D eigenvalue weighted by Gasteiger charge is 2.28. The molecule has 1 saturated carbocycles. The van der Waals surface area contributed by atoms with Crippen LogP contribution in [0.2, 0.25) is 0 Å². The number of carbonyl (C=O) groups is 1. The second-order valence-electron chi connectivity index (χ2n) is 8.31. The molecule has 4 rings (SSSR count). The number of ether oxygens (including phenoxy) is 3. The molecule has 0 radical (unpaired) electrons. The summed E-state index contributed by atoms with van der Waals surface area (Å²) in [6.07, 6.45) is 4.43. The molecule has 3 aromatic rings. The van der Waals surface area contributed by atoms with Crippen molar-refractivity contribution in [2.45, 2.75) is 44.4 Å². The highest BCUT2D eigenvalue weighted by molar-refractivity contribution is 5.81. The van der Waals surface area contributed by atoms with E-state index in [1.54, 1.807) is 42.1 Å². The van der Waals surface area contributed by atoms with Gasteiger partial charge in [0.1, 0.15) is 0 Å². The van der Waals surface area contributed by atoms with Gasteiger partial charge in [-0.25, -0.2) is 9.78 Å². The van der Waals surface area contributed by atoms with E-state index in [0.717, 1.165) is 31.2 Å².